The van der Waals surface area contributed by atoms with Gasteiger partial charge >= 0.3 is 0 Å². The number of fused-ring (bicyclic) bond motifs is 1. The van der Waals surface area contributed by atoms with Crippen molar-refractivity contribution in [1.29, 1.82) is 0 Å². The van der Waals surface area contributed by atoms with Crippen LogP contribution in [0.3, 0.4) is 0 Å². The van der Waals surface area contributed by atoms with Crippen molar-refractivity contribution < 1.29 is 0 Å². The van der Waals surface area contributed by atoms with Crippen LogP contribution in [0.5, 0.6) is 0 Å². The van der Waals surface area contributed by atoms with Gasteiger partial charge in [-0.05, 0) is 43.3 Å². The summed E-state index contributed by atoms with van der Waals surface area (Å²) in [6, 6.07) is 12.5. The van der Waals surface area contributed by atoms with Gasteiger partial charge in [0, 0.05) is 17.3 Å². The first-order valence-electron chi connectivity index (χ1n) is 7.14. The molecule has 2 heterocycles. The number of hydrogen-bond acceptors (Lipinski definition) is 4. The highest BCUT2D eigenvalue weighted by Crippen LogP contribution is 2.23. The maximum absolute atomic E-state index is 4.55. The molecular weight excluding hydrogens is 260 g/mol. The lowest BCUT2D eigenvalue weighted by molar-refractivity contribution is 0.614. The molecule has 4 nitrogen and oxygen atoms in total. The molecule has 0 aliphatic heterocycles. The second-order valence-corrected chi connectivity index (χ2v) is 5.03. The highest BCUT2D eigenvalue weighted by molar-refractivity contribution is 5.79. The van der Waals surface area contributed by atoms with E-state index in [1.54, 1.807) is 12.5 Å². The summed E-state index contributed by atoms with van der Waals surface area (Å²) in [5, 5.41) is 4.63. The van der Waals surface area contributed by atoms with Crippen molar-refractivity contribution in [2.75, 3.05) is 6.54 Å². The third-order valence-corrected chi connectivity index (χ3v) is 3.49. The molecule has 0 saturated carbocycles. The molecule has 21 heavy (non-hydrogen) atoms. The summed E-state index contributed by atoms with van der Waals surface area (Å²) in [7, 11) is 0. The van der Waals surface area contributed by atoms with Gasteiger partial charge in [0.1, 0.15) is 6.33 Å². The van der Waals surface area contributed by atoms with Gasteiger partial charge < -0.3 is 5.32 Å². The second-order valence-electron chi connectivity index (χ2n) is 5.03. The van der Waals surface area contributed by atoms with Crippen LogP contribution in [0.2, 0.25) is 0 Å². The van der Waals surface area contributed by atoms with Crippen LogP contribution in [0.15, 0.2) is 48.9 Å². The van der Waals surface area contributed by atoms with Crippen molar-refractivity contribution >= 4 is 10.9 Å². The first-order valence-corrected chi connectivity index (χ1v) is 7.14. The zero-order valence-corrected chi connectivity index (χ0v) is 12.2. The first kappa shape index (κ1) is 13.6. The van der Waals surface area contributed by atoms with Gasteiger partial charge in [-0.1, -0.05) is 19.1 Å². The van der Waals surface area contributed by atoms with Gasteiger partial charge in [-0.15, -0.1) is 0 Å². The quantitative estimate of drug-likeness (QED) is 0.797. The maximum atomic E-state index is 4.55. The highest BCUT2D eigenvalue weighted by Gasteiger charge is 2.14. The van der Waals surface area contributed by atoms with Crippen LogP contribution < -0.4 is 5.32 Å². The van der Waals surface area contributed by atoms with E-state index < -0.39 is 0 Å². The van der Waals surface area contributed by atoms with E-state index >= 15 is 0 Å². The van der Waals surface area contributed by atoms with Gasteiger partial charge in [0.15, 0.2) is 0 Å². The van der Waals surface area contributed by atoms with Gasteiger partial charge in [0.2, 0.25) is 0 Å². The number of rotatable bonds is 4. The van der Waals surface area contributed by atoms with Gasteiger partial charge in [-0.25, -0.2) is 9.97 Å². The predicted octanol–water partition coefficient (Wildman–Crippen LogP) is 3.03. The smallest absolute Gasteiger partial charge is 0.115 e. The third kappa shape index (κ3) is 2.90. The monoisotopic (exact) mass is 278 g/mol. The van der Waals surface area contributed by atoms with E-state index in [-0.39, 0.29) is 6.04 Å². The van der Waals surface area contributed by atoms with Gasteiger partial charge in [0.25, 0.3) is 0 Å². The van der Waals surface area contributed by atoms with E-state index in [2.05, 4.69) is 51.5 Å². The Kier molecular flexibility index (Phi) is 3.88. The second kappa shape index (κ2) is 5.97. The van der Waals surface area contributed by atoms with Crippen molar-refractivity contribution in [3.8, 4) is 0 Å². The molecule has 0 saturated heterocycles. The minimum Gasteiger partial charge on any atom is -0.305 e. The average Bonchev–Trinajstić information content (AvgIpc) is 2.53. The van der Waals surface area contributed by atoms with Crippen molar-refractivity contribution in [3.63, 3.8) is 0 Å². The SMILES string of the molecule is CCNC(c1ccc2nc(C)ccc2c1)c1ccncn1. The number of nitrogens with zero attached hydrogens (tertiary/aromatic N) is 3. The molecule has 0 aliphatic carbocycles. The lowest BCUT2D eigenvalue weighted by Crippen LogP contribution is -2.22. The molecule has 0 radical (unpaired) electrons. The number of pyridine rings is 1. The Hall–Kier alpha value is -2.33. The lowest BCUT2D eigenvalue weighted by atomic mass is 10.0. The molecule has 0 spiro atoms. The summed E-state index contributed by atoms with van der Waals surface area (Å²) in [5.74, 6) is 0. The lowest BCUT2D eigenvalue weighted by Gasteiger charge is -2.18. The molecule has 1 aromatic carbocycles. The molecular formula is C17H18N4. The number of aryl methyl sites for hydroxylation is 1. The first-order chi connectivity index (χ1) is 10.3. The Morgan fingerprint density at radius 2 is 2.05 bits per heavy atom. The van der Waals surface area contributed by atoms with Gasteiger partial charge in [0.05, 0.1) is 17.3 Å². The van der Waals surface area contributed by atoms with Crippen LogP contribution >= 0.6 is 0 Å². The molecule has 0 amide bonds. The molecule has 0 bridgehead atoms. The van der Waals surface area contributed by atoms with Crippen LogP contribution in [0.1, 0.15) is 29.9 Å². The Labute approximate surface area is 124 Å². The van der Waals surface area contributed by atoms with Crippen LogP contribution in [0.25, 0.3) is 10.9 Å². The third-order valence-electron chi connectivity index (χ3n) is 3.49. The predicted molar refractivity (Wildman–Crippen MR) is 84.0 cm³/mol. The fourth-order valence-electron chi connectivity index (χ4n) is 2.49. The molecule has 2 aromatic heterocycles. The van der Waals surface area contributed by atoms with E-state index in [0.717, 1.165) is 28.8 Å². The van der Waals surface area contributed by atoms with Crippen LogP contribution in [0.4, 0.5) is 0 Å². The van der Waals surface area contributed by atoms with E-state index in [1.165, 1.54) is 5.56 Å². The summed E-state index contributed by atoms with van der Waals surface area (Å²) in [6.07, 6.45) is 3.37. The van der Waals surface area contributed by atoms with E-state index in [1.807, 2.05) is 19.1 Å². The van der Waals surface area contributed by atoms with Crippen LogP contribution in [-0.4, -0.2) is 21.5 Å². The number of aromatic nitrogens is 3. The number of benzene rings is 1. The van der Waals surface area contributed by atoms with Gasteiger partial charge in [-0.2, -0.15) is 0 Å². The number of hydrogen-bond donors (Lipinski definition) is 1. The van der Waals surface area contributed by atoms with E-state index in [9.17, 15) is 0 Å². The molecule has 3 rings (SSSR count). The molecule has 4 heteroatoms. The fraction of sp³-hybridized carbons (Fsp3) is 0.235. The average molecular weight is 278 g/mol. The van der Waals surface area contributed by atoms with Crippen molar-refractivity contribution in [2.24, 2.45) is 0 Å². The fourth-order valence-corrected chi connectivity index (χ4v) is 2.49. The molecule has 1 N–H and O–H groups in total. The summed E-state index contributed by atoms with van der Waals surface area (Å²) in [5.41, 5.74) is 4.23. The van der Waals surface area contributed by atoms with Gasteiger partial charge in [-0.3, -0.25) is 4.98 Å². The molecule has 3 aromatic rings. The summed E-state index contributed by atoms with van der Waals surface area (Å²) in [4.78, 5) is 12.9. The van der Waals surface area contributed by atoms with Crippen molar-refractivity contribution in [1.82, 2.24) is 20.3 Å². The van der Waals surface area contributed by atoms with E-state index in [4.69, 9.17) is 0 Å². The standard InChI is InChI=1S/C17H18N4/c1-3-19-17(16-8-9-18-11-20-16)14-6-7-15-13(10-14)5-4-12(2)21-15/h4-11,17,19H,3H2,1-2H3. The topological polar surface area (TPSA) is 50.7 Å². The zero-order chi connectivity index (χ0) is 14.7. The molecule has 1 atom stereocenters. The number of nitrogens with one attached hydrogen (secondary N) is 1. The minimum absolute atomic E-state index is 0.0729. The molecule has 0 aliphatic rings. The van der Waals surface area contributed by atoms with E-state index in [0.29, 0.717) is 0 Å². The molecule has 106 valence electrons. The Morgan fingerprint density at radius 3 is 2.81 bits per heavy atom. The Morgan fingerprint density at radius 1 is 1.14 bits per heavy atom. The Bertz CT molecular complexity index is 740. The normalized spacial score (nSPS) is 12.5. The maximum Gasteiger partial charge on any atom is 0.115 e. The minimum atomic E-state index is 0.0729. The van der Waals surface area contributed by atoms with Crippen LogP contribution in [-0.2, 0) is 0 Å². The zero-order valence-electron chi connectivity index (χ0n) is 12.2. The highest BCUT2D eigenvalue weighted by atomic mass is 14.9. The summed E-state index contributed by atoms with van der Waals surface area (Å²) in [6.45, 7) is 4.98. The summed E-state index contributed by atoms with van der Waals surface area (Å²) >= 11 is 0. The van der Waals surface area contributed by atoms with Crippen molar-refractivity contribution in [3.05, 3.63) is 65.9 Å². The summed E-state index contributed by atoms with van der Waals surface area (Å²) < 4.78 is 0. The van der Waals surface area contributed by atoms with Crippen molar-refractivity contribution in [2.45, 2.75) is 19.9 Å². The molecule has 0 fully saturated rings. The largest absolute Gasteiger partial charge is 0.305 e. The van der Waals surface area contributed by atoms with Crippen LogP contribution in [0, 0.1) is 6.92 Å². The Balaban J connectivity index is 2.05. The molecule has 1 unspecified atom stereocenters.